The molecule has 0 bridgehead atoms. The SMILES string of the molecule is [N-]=[N+]=C1C=CC=CC1SOSC1C=CC=CC1=[N+]=[N-]. The largest absolute Gasteiger partial charge is 0.361 e. The van der Waals surface area contributed by atoms with Crippen LogP contribution in [0.4, 0.5) is 0 Å². The summed E-state index contributed by atoms with van der Waals surface area (Å²) in [6.45, 7) is 0. The van der Waals surface area contributed by atoms with Crippen molar-refractivity contribution in [3.63, 3.8) is 0 Å². The molecule has 96 valence electrons. The van der Waals surface area contributed by atoms with Gasteiger partial charge in [0.05, 0.1) is 0 Å². The van der Waals surface area contributed by atoms with E-state index in [4.69, 9.17) is 14.7 Å². The van der Waals surface area contributed by atoms with Gasteiger partial charge in [-0.05, 0) is 0 Å². The summed E-state index contributed by atoms with van der Waals surface area (Å²) in [5.74, 6) is 0. The van der Waals surface area contributed by atoms with Gasteiger partial charge in [-0.1, -0.05) is 36.5 Å². The second kappa shape index (κ2) is 7.09. The maximum absolute atomic E-state index is 8.84. The molecule has 0 radical (unpaired) electrons. The molecule has 0 aliphatic heterocycles. The van der Waals surface area contributed by atoms with Crippen LogP contribution in [0.1, 0.15) is 0 Å². The fourth-order valence-electron chi connectivity index (χ4n) is 1.48. The van der Waals surface area contributed by atoms with Crippen LogP contribution >= 0.6 is 24.1 Å². The van der Waals surface area contributed by atoms with Crippen molar-refractivity contribution < 1.29 is 13.2 Å². The standard InChI is InChI=1S/C12H10N4OS2/c13-15-9-5-1-3-7-11(9)18-17-19-12-8-4-2-6-10(12)16-14/h1-8,11-12H. The van der Waals surface area contributed by atoms with Crippen LogP contribution in [-0.2, 0) is 3.63 Å². The van der Waals surface area contributed by atoms with E-state index >= 15 is 0 Å². The Kier molecular flexibility index (Phi) is 5.15. The van der Waals surface area contributed by atoms with Gasteiger partial charge in [0.25, 0.3) is 0 Å². The summed E-state index contributed by atoms with van der Waals surface area (Å²) in [4.78, 5) is 6.41. The lowest BCUT2D eigenvalue weighted by molar-refractivity contribution is -0.00537. The van der Waals surface area contributed by atoms with Crippen molar-refractivity contribution in [3.05, 3.63) is 59.7 Å². The first-order valence-electron chi connectivity index (χ1n) is 5.47. The first-order valence-corrected chi connectivity index (χ1v) is 7.08. The van der Waals surface area contributed by atoms with Gasteiger partial charge < -0.3 is 11.1 Å². The van der Waals surface area contributed by atoms with Gasteiger partial charge in [0.1, 0.15) is 0 Å². The molecule has 0 aromatic heterocycles. The highest BCUT2D eigenvalue weighted by Crippen LogP contribution is 2.28. The summed E-state index contributed by atoms with van der Waals surface area (Å²) in [7, 11) is 0. The fraction of sp³-hybridized carbons (Fsp3) is 0.167. The minimum Gasteiger partial charge on any atom is -0.361 e. The quantitative estimate of drug-likeness (QED) is 0.453. The number of allylic oxidation sites excluding steroid dienone is 6. The molecule has 0 saturated carbocycles. The summed E-state index contributed by atoms with van der Waals surface area (Å²) < 4.78 is 5.46. The van der Waals surface area contributed by atoms with Gasteiger partial charge in [-0.3, -0.25) is 0 Å². The summed E-state index contributed by atoms with van der Waals surface area (Å²) >= 11 is 2.35. The molecule has 2 aliphatic rings. The van der Waals surface area contributed by atoms with E-state index in [1.54, 1.807) is 24.3 Å². The molecule has 2 unspecified atom stereocenters. The third kappa shape index (κ3) is 3.67. The Balaban J connectivity index is 1.87. The predicted octanol–water partition coefficient (Wildman–Crippen LogP) is 2.63. The highest BCUT2D eigenvalue weighted by atomic mass is 32.2. The van der Waals surface area contributed by atoms with Crippen LogP contribution in [0, 0.1) is 0 Å². The molecule has 0 fully saturated rings. The van der Waals surface area contributed by atoms with Crippen LogP contribution in [0.25, 0.3) is 11.1 Å². The minimum absolute atomic E-state index is 0.153. The van der Waals surface area contributed by atoms with Crippen molar-refractivity contribution in [2.24, 2.45) is 0 Å². The number of hydrogen-bond acceptors (Lipinski definition) is 3. The van der Waals surface area contributed by atoms with Crippen LogP contribution in [-0.4, -0.2) is 31.5 Å². The van der Waals surface area contributed by atoms with E-state index in [0.29, 0.717) is 11.4 Å². The molecule has 0 aromatic carbocycles. The minimum atomic E-state index is -0.153. The van der Waals surface area contributed by atoms with Crippen molar-refractivity contribution in [1.29, 1.82) is 0 Å². The van der Waals surface area contributed by atoms with E-state index < -0.39 is 0 Å². The maximum atomic E-state index is 8.84. The second-order valence-electron chi connectivity index (χ2n) is 3.64. The third-order valence-electron chi connectivity index (χ3n) is 2.43. The normalized spacial score (nSPS) is 24.4. The fourth-order valence-corrected chi connectivity index (χ4v) is 3.09. The van der Waals surface area contributed by atoms with Crippen LogP contribution in [0.15, 0.2) is 48.6 Å². The van der Waals surface area contributed by atoms with E-state index in [9.17, 15) is 0 Å². The van der Waals surface area contributed by atoms with Crippen LogP contribution in [0.3, 0.4) is 0 Å². The van der Waals surface area contributed by atoms with Crippen molar-refractivity contribution in [1.82, 2.24) is 0 Å². The van der Waals surface area contributed by atoms with Crippen LogP contribution in [0.5, 0.6) is 0 Å². The van der Waals surface area contributed by atoms with Crippen molar-refractivity contribution >= 4 is 35.5 Å². The molecule has 5 nitrogen and oxygen atoms in total. The zero-order valence-corrected chi connectivity index (χ0v) is 11.4. The molecule has 2 atom stereocenters. The Hall–Kier alpha value is -1.62. The summed E-state index contributed by atoms with van der Waals surface area (Å²) in [5.41, 5.74) is 18.8. The van der Waals surface area contributed by atoms with Crippen molar-refractivity contribution in [3.8, 4) is 0 Å². The summed E-state index contributed by atoms with van der Waals surface area (Å²) in [6.07, 6.45) is 14.5. The van der Waals surface area contributed by atoms with E-state index in [1.165, 1.54) is 24.1 Å². The molecule has 2 aliphatic carbocycles. The van der Waals surface area contributed by atoms with E-state index in [-0.39, 0.29) is 10.5 Å². The molecule has 0 N–H and O–H groups in total. The smallest absolute Gasteiger partial charge is 0.311 e. The average molecular weight is 290 g/mol. The Morgan fingerprint density at radius 3 is 1.74 bits per heavy atom. The molecule has 0 aromatic rings. The first kappa shape index (κ1) is 13.8. The lowest BCUT2D eigenvalue weighted by Crippen LogP contribution is -2.17. The van der Waals surface area contributed by atoms with Gasteiger partial charge in [-0.25, -0.2) is 3.63 Å². The average Bonchev–Trinajstić information content (AvgIpc) is 2.48. The summed E-state index contributed by atoms with van der Waals surface area (Å²) in [5, 5.41) is -0.305. The van der Waals surface area contributed by atoms with Crippen LogP contribution in [0.2, 0.25) is 0 Å². The molecule has 0 saturated heterocycles. The molecule has 0 heterocycles. The van der Waals surface area contributed by atoms with E-state index in [1.807, 2.05) is 24.3 Å². The molecule has 2 rings (SSSR count). The van der Waals surface area contributed by atoms with E-state index in [0.717, 1.165) is 0 Å². The van der Waals surface area contributed by atoms with Gasteiger partial charge in [-0.15, -0.1) is 0 Å². The molecule has 0 spiro atoms. The van der Waals surface area contributed by atoms with Gasteiger partial charge in [0.2, 0.25) is 0 Å². The zero-order chi connectivity index (χ0) is 13.5. The number of nitrogens with zero attached hydrogens (tertiary/aromatic N) is 4. The zero-order valence-electron chi connectivity index (χ0n) is 9.79. The molecule has 0 amide bonds. The highest BCUT2D eigenvalue weighted by molar-refractivity contribution is 8.09. The number of hydrogen-bond donors (Lipinski definition) is 0. The van der Waals surface area contributed by atoms with Gasteiger partial charge in [0, 0.05) is 36.2 Å². The lowest BCUT2D eigenvalue weighted by Gasteiger charge is -2.10. The summed E-state index contributed by atoms with van der Waals surface area (Å²) in [6, 6.07) is 0. The lowest BCUT2D eigenvalue weighted by atomic mass is 10.1. The highest BCUT2D eigenvalue weighted by Gasteiger charge is 2.25. The maximum Gasteiger partial charge on any atom is 0.311 e. The number of rotatable bonds is 4. The Bertz CT molecular complexity index is 516. The van der Waals surface area contributed by atoms with Crippen LogP contribution < -0.4 is 0 Å². The molecular weight excluding hydrogens is 280 g/mol. The van der Waals surface area contributed by atoms with E-state index in [2.05, 4.69) is 9.58 Å². The van der Waals surface area contributed by atoms with Gasteiger partial charge in [-0.2, -0.15) is 9.58 Å². The molecule has 7 heteroatoms. The third-order valence-corrected chi connectivity index (χ3v) is 4.27. The topological polar surface area (TPSA) is 82.0 Å². The van der Waals surface area contributed by atoms with Crippen molar-refractivity contribution in [2.75, 3.05) is 0 Å². The van der Waals surface area contributed by atoms with Crippen molar-refractivity contribution in [2.45, 2.75) is 10.5 Å². The van der Waals surface area contributed by atoms with Gasteiger partial charge >= 0.3 is 11.4 Å². The Labute approximate surface area is 119 Å². The van der Waals surface area contributed by atoms with Gasteiger partial charge in [0.15, 0.2) is 10.5 Å². The second-order valence-corrected chi connectivity index (χ2v) is 5.58. The first-order chi connectivity index (χ1) is 9.35. The molecule has 19 heavy (non-hydrogen) atoms. The molecular formula is C12H10N4OS2. The Morgan fingerprint density at radius 1 is 0.842 bits per heavy atom. The monoisotopic (exact) mass is 290 g/mol. The Morgan fingerprint density at radius 2 is 1.32 bits per heavy atom. The predicted molar refractivity (Wildman–Crippen MR) is 77.7 cm³/mol.